The number of aliphatic hydroxyl groups is 1. The predicted octanol–water partition coefficient (Wildman–Crippen LogP) is 2.11. The van der Waals surface area contributed by atoms with E-state index in [0.29, 0.717) is 0 Å². The first kappa shape index (κ1) is 8.24. The fourth-order valence-corrected chi connectivity index (χ4v) is 1.27. The lowest BCUT2D eigenvalue weighted by atomic mass is 9.79. The SMILES string of the molecule is CC1(C)CC(=O)C(F)=C(O)C1. The number of carbonyl (C=O) groups excluding carboxylic acids is 1. The van der Waals surface area contributed by atoms with Gasteiger partial charge in [0.15, 0.2) is 5.78 Å². The van der Waals surface area contributed by atoms with Crippen LogP contribution < -0.4 is 0 Å². The highest BCUT2D eigenvalue weighted by atomic mass is 19.1. The lowest BCUT2D eigenvalue weighted by Crippen LogP contribution is -2.24. The second-order valence-electron chi connectivity index (χ2n) is 3.70. The first-order valence-corrected chi connectivity index (χ1v) is 3.53. The third kappa shape index (κ3) is 1.59. The molecular weight excluding hydrogens is 147 g/mol. The van der Waals surface area contributed by atoms with E-state index in [-0.39, 0.29) is 18.3 Å². The Morgan fingerprint density at radius 1 is 1.45 bits per heavy atom. The molecule has 0 atom stereocenters. The third-order valence-corrected chi connectivity index (χ3v) is 1.78. The van der Waals surface area contributed by atoms with E-state index in [0.717, 1.165) is 0 Å². The number of ketones is 1. The lowest BCUT2D eigenvalue weighted by molar-refractivity contribution is -0.120. The zero-order valence-electron chi connectivity index (χ0n) is 6.65. The Balaban J connectivity index is 2.94. The van der Waals surface area contributed by atoms with E-state index in [4.69, 9.17) is 5.11 Å². The second kappa shape index (κ2) is 2.32. The summed E-state index contributed by atoms with van der Waals surface area (Å²) in [6.45, 7) is 3.65. The second-order valence-corrected chi connectivity index (χ2v) is 3.70. The van der Waals surface area contributed by atoms with Gasteiger partial charge >= 0.3 is 0 Å². The monoisotopic (exact) mass is 158 g/mol. The molecule has 0 spiro atoms. The van der Waals surface area contributed by atoms with Gasteiger partial charge in [-0.15, -0.1) is 0 Å². The van der Waals surface area contributed by atoms with Gasteiger partial charge in [-0.25, -0.2) is 0 Å². The topological polar surface area (TPSA) is 37.3 Å². The van der Waals surface area contributed by atoms with E-state index in [1.807, 2.05) is 13.8 Å². The molecule has 0 unspecified atom stereocenters. The average Bonchev–Trinajstić information content (AvgIpc) is 1.81. The highest BCUT2D eigenvalue weighted by molar-refractivity contribution is 5.94. The summed E-state index contributed by atoms with van der Waals surface area (Å²) in [7, 11) is 0. The summed E-state index contributed by atoms with van der Waals surface area (Å²) in [5, 5.41) is 8.97. The maximum Gasteiger partial charge on any atom is 0.203 e. The van der Waals surface area contributed by atoms with Crippen molar-refractivity contribution in [3.8, 4) is 0 Å². The van der Waals surface area contributed by atoms with Crippen molar-refractivity contribution in [3.05, 3.63) is 11.6 Å². The van der Waals surface area contributed by atoms with Gasteiger partial charge in [0.25, 0.3) is 0 Å². The molecule has 11 heavy (non-hydrogen) atoms. The zero-order valence-corrected chi connectivity index (χ0v) is 6.65. The van der Waals surface area contributed by atoms with Gasteiger partial charge < -0.3 is 5.11 Å². The molecule has 0 saturated carbocycles. The summed E-state index contributed by atoms with van der Waals surface area (Å²) in [4.78, 5) is 10.8. The van der Waals surface area contributed by atoms with Gasteiger partial charge in [-0.1, -0.05) is 13.8 Å². The average molecular weight is 158 g/mol. The van der Waals surface area contributed by atoms with Crippen molar-refractivity contribution >= 4 is 5.78 Å². The summed E-state index contributed by atoms with van der Waals surface area (Å²) >= 11 is 0. The molecule has 0 fully saturated rings. The van der Waals surface area contributed by atoms with Gasteiger partial charge in [-0.3, -0.25) is 4.79 Å². The summed E-state index contributed by atoms with van der Waals surface area (Å²) in [5.74, 6) is -1.94. The van der Waals surface area contributed by atoms with E-state index in [1.165, 1.54) is 0 Å². The highest BCUT2D eigenvalue weighted by Crippen LogP contribution is 2.35. The molecular formula is C8H11FO2. The van der Waals surface area contributed by atoms with Crippen LogP contribution in [0.2, 0.25) is 0 Å². The van der Waals surface area contributed by atoms with Crippen LogP contribution in [0.4, 0.5) is 4.39 Å². The minimum Gasteiger partial charge on any atom is -0.509 e. The molecule has 0 heterocycles. The van der Waals surface area contributed by atoms with Crippen LogP contribution in [0.3, 0.4) is 0 Å². The molecule has 1 rings (SSSR count). The molecule has 2 nitrogen and oxygen atoms in total. The molecule has 62 valence electrons. The Morgan fingerprint density at radius 3 is 2.45 bits per heavy atom. The van der Waals surface area contributed by atoms with Crippen molar-refractivity contribution in [1.82, 2.24) is 0 Å². The van der Waals surface area contributed by atoms with E-state index < -0.39 is 17.4 Å². The van der Waals surface area contributed by atoms with Crippen LogP contribution >= 0.6 is 0 Å². The normalized spacial score (nSPS) is 24.1. The molecule has 1 aliphatic rings. The molecule has 0 aromatic carbocycles. The predicted molar refractivity (Wildman–Crippen MR) is 38.8 cm³/mol. The van der Waals surface area contributed by atoms with Crippen molar-refractivity contribution in [3.63, 3.8) is 0 Å². The molecule has 0 saturated heterocycles. The molecule has 1 aliphatic carbocycles. The molecule has 0 aromatic rings. The number of halogens is 1. The van der Waals surface area contributed by atoms with E-state index in [2.05, 4.69) is 0 Å². The smallest absolute Gasteiger partial charge is 0.203 e. The van der Waals surface area contributed by atoms with Gasteiger partial charge in [0, 0.05) is 12.8 Å². The van der Waals surface area contributed by atoms with Crippen LogP contribution in [-0.2, 0) is 4.79 Å². The maximum atomic E-state index is 12.6. The fourth-order valence-electron chi connectivity index (χ4n) is 1.27. The molecule has 0 radical (unpaired) electrons. The van der Waals surface area contributed by atoms with Crippen LogP contribution in [0, 0.1) is 5.41 Å². The largest absolute Gasteiger partial charge is 0.509 e. The molecule has 0 aromatic heterocycles. The fraction of sp³-hybridized carbons (Fsp3) is 0.625. The first-order valence-electron chi connectivity index (χ1n) is 3.53. The molecule has 0 aliphatic heterocycles. The highest BCUT2D eigenvalue weighted by Gasteiger charge is 2.33. The Labute approximate surface area is 64.7 Å². The van der Waals surface area contributed by atoms with Gasteiger partial charge in [0.2, 0.25) is 5.83 Å². The summed E-state index contributed by atoms with van der Waals surface area (Å²) in [5.41, 5.74) is -0.295. The summed E-state index contributed by atoms with van der Waals surface area (Å²) in [6.07, 6.45) is 0.438. The Bertz CT molecular complexity index is 228. The Kier molecular flexibility index (Phi) is 1.74. The Morgan fingerprint density at radius 2 is 2.00 bits per heavy atom. The molecule has 1 N–H and O–H groups in total. The third-order valence-electron chi connectivity index (χ3n) is 1.78. The van der Waals surface area contributed by atoms with Crippen LogP contribution in [0.1, 0.15) is 26.7 Å². The zero-order chi connectivity index (χ0) is 8.65. The molecule has 0 amide bonds. The van der Waals surface area contributed by atoms with Crippen LogP contribution in [-0.4, -0.2) is 10.9 Å². The van der Waals surface area contributed by atoms with Gasteiger partial charge in [0.05, 0.1) is 0 Å². The van der Waals surface area contributed by atoms with Gasteiger partial charge in [-0.2, -0.15) is 4.39 Å². The van der Waals surface area contributed by atoms with E-state index in [9.17, 15) is 9.18 Å². The van der Waals surface area contributed by atoms with Crippen LogP contribution in [0.25, 0.3) is 0 Å². The first-order chi connectivity index (χ1) is 4.92. The van der Waals surface area contributed by atoms with E-state index in [1.54, 1.807) is 0 Å². The summed E-state index contributed by atoms with van der Waals surface area (Å²) in [6, 6.07) is 0. The van der Waals surface area contributed by atoms with Crippen LogP contribution in [0.5, 0.6) is 0 Å². The number of hydrogen-bond donors (Lipinski definition) is 1. The number of hydrogen-bond acceptors (Lipinski definition) is 2. The minimum atomic E-state index is -0.954. The maximum absolute atomic E-state index is 12.6. The number of rotatable bonds is 0. The quantitative estimate of drug-likeness (QED) is 0.586. The van der Waals surface area contributed by atoms with Crippen molar-refractivity contribution in [2.75, 3.05) is 0 Å². The standard InChI is InChI=1S/C8H11FO2/c1-8(2)3-5(10)7(9)6(11)4-8/h10H,3-4H2,1-2H3. The van der Waals surface area contributed by atoms with Crippen LogP contribution in [0.15, 0.2) is 11.6 Å². The van der Waals surface area contributed by atoms with Gasteiger partial charge in [0.1, 0.15) is 5.76 Å². The van der Waals surface area contributed by atoms with Gasteiger partial charge in [-0.05, 0) is 5.41 Å². The minimum absolute atomic E-state index is 0.183. The lowest BCUT2D eigenvalue weighted by Gasteiger charge is -2.26. The number of aliphatic hydroxyl groups excluding tert-OH is 1. The molecule has 0 bridgehead atoms. The van der Waals surface area contributed by atoms with Crippen molar-refractivity contribution in [1.29, 1.82) is 0 Å². The molecule has 3 heteroatoms. The number of allylic oxidation sites excluding steroid dienone is 2. The van der Waals surface area contributed by atoms with Crippen molar-refractivity contribution in [2.24, 2.45) is 5.41 Å². The van der Waals surface area contributed by atoms with Crippen molar-refractivity contribution in [2.45, 2.75) is 26.7 Å². The Hall–Kier alpha value is -0.860. The number of carbonyl (C=O) groups is 1. The number of Topliss-reactive ketones (excluding diaryl/α,β-unsaturated/α-hetero) is 1. The van der Waals surface area contributed by atoms with E-state index >= 15 is 0 Å². The summed E-state index contributed by atoms with van der Waals surface area (Å²) < 4.78 is 12.6. The van der Waals surface area contributed by atoms with Crippen molar-refractivity contribution < 1.29 is 14.3 Å².